The number of carbonyl (C=O) groups is 2. The molecule has 0 rings (SSSR count). The summed E-state index contributed by atoms with van der Waals surface area (Å²) in [6.07, 6.45) is 84.3. The molecule has 0 spiro atoms. The summed E-state index contributed by atoms with van der Waals surface area (Å²) in [5, 5.41) is 0. The lowest BCUT2D eigenvalue weighted by molar-refractivity contribution is -0.162. The predicted octanol–water partition coefficient (Wildman–Crippen LogP) is 18.7. The molecule has 1 unspecified atom stereocenters. The van der Waals surface area contributed by atoms with Crippen LogP contribution in [0.3, 0.4) is 0 Å². The van der Waals surface area contributed by atoms with Gasteiger partial charge in [-0.2, -0.15) is 0 Å². The zero-order valence-corrected chi connectivity index (χ0v) is 43.6. The molecule has 0 radical (unpaired) electrons. The molecule has 0 saturated heterocycles. The molecule has 0 aromatic carbocycles. The molecule has 0 aliphatic carbocycles. The maximum atomic E-state index is 12.8. The average Bonchev–Trinajstić information content (AvgIpc) is 3.34. The molecule has 0 saturated carbocycles. The van der Waals surface area contributed by atoms with Gasteiger partial charge in [0.25, 0.3) is 0 Å². The van der Waals surface area contributed by atoms with E-state index in [0.717, 1.165) is 109 Å². The monoisotopic (exact) mass is 935 g/mol. The second-order valence-corrected chi connectivity index (χ2v) is 17.0. The number of carbonyl (C=O) groups excluding carboxylic acids is 2. The van der Waals surface area contributed by atoms with E-state index in [4.69, 9.17) is 14.2 Å². The minimum atomic E-state index is -0.624. The number of rotatable bonds is 47. The molecule has 0 amide bonds. The molecule has 0 aromatic heterocycles. The Morgan fingerprint density at radius 3 is 1.12 bits per heavy atom. The molecule has 5 heteroatoms. The van der Waals surface area contributed by atoms with Crippen LogP contribution in [-0.2, 0) is 23.8 Å². The van der Waals surface area contributed by atoms with Gasteiger partial charge in [0.05, 0.1) is 13.2 Å². The van der Waals surface area contributed by atoms with E-state index >= 15 is 0 Å². The van der Waals surface area contributed by atoms with Gasteiger partial charge in [-0.1, -0.05) is 224 Å². The Hall–Kier alpha value is -4.48. The van der Waals surface area contributed by atoms with Crippen molar-refractivity contribution < 1.29 is 23.8 Å². The number of ether oxygens (including phenoxy) is 3. The smallest absolute Gasteiger partial charge is 0.306 e. The van der Waals surface area contributed by atoms with Crippen LogP contribution in [0.5, 0.6) is 0 Å². The molecule has 68 heavy (non-hydrogen) atoms. The van der Waals surface area contributed by atoms with Crippen molar-refractivity contribution in [2.45, 2.75) is 207 Å². The van der Waals surface area contributed by atoms with Crippen molar-refractivity contribution in [3.8, 4) is 0 Å². The molecule has 0 bridgehead atoms. The lowest BCUT2D eigenvalue weighted by Crippen LogP contribution is -2.30. The standard InChI is InChI=1S/C63H98O5/c1-4-7-10-13-16-19-22-25-28-31-32-34-35-38-41-44-47-50-53-56-62(64)67-60-61(59-66-58-55-52-49-46-43-40-37-30-27-24-21-18-15-12-9-6-3)68-63(65)57-54-51-48-45-42-39-36-33-29-26-23-20-17-14-11-8-5-2/h7,9-10,12,16-21,25-30,32,34,38,40-41,43,47,49-50,52,61H,4-6,8,11,13-15,22-24,31,33,35-37,39,42,44-46,48,51,53-60H2,1-3H3/b10-7-,12-9-,19-16-,20-17-,21-18-,28-25-,29-26-,30-27-,34-32-,41-38-,43-40-,50-47-,52-49-. The summed E-state index contributed by atoms with van der Waals surface area (Å²) >= 11 is 0. The molecule has 1 atom stereocenters. The number of hydrogen-bond donors (Lipinski definition) is 0. The van der Waals surface area contributed by atoms with Crippen molar-refractivity contribution in [3.63, 3.8) is 0 Å². The Kier molecular flexibility index (Phi) is 53.1. The van der Waals surface area contributed by atoms with Crippen molar-refractivity contribution in [1.82, 2.24) is 0 Å². The highest BCUT2D eigenvalue weighted by molar-refractivity contribution is 5.70. The van der Waals surface area contributed by atoms with Gasteiger partial charge in [-0.25, -0.2) is 0 Å². The number of unbranched alkanes of at least 4 members (excludes halogenated alkanes) is 10. The van der Waals surface area contributed by atoms with Crippen molar-refractivity contribution >= 4 is 11.9 Å². The normalized spacial score (nSPS) is 13.5. The first-order valence-electron chi connectivity index (χ1n) is 27.0. The Bertz CT molecular complexity index is 1520. The molecule has 0 aliphatic heterocycles. The van der Waals surface area contributed by atoms with Gasteiger partial charge < -0.3 is 14.2 Å². The SMILES string of the molecule is CC/C=C\C/C=C\C/C=C\C/C=C\C/C=C\C/C=C\CCC(=O)OCC(COCC/C=C\C/C=C\C/C=C\C/C=C\C/C=C\CC)OC(=O)CCCCCCCCC/C=C\C/C=C\CCCCC. The average molecular weight is 935 g/mol. The van der Waals surface area contributed by atoms with E-state index in [1.807, 2.05) is 6.08 Å². The van der Waals surface area contributed by atoms with Crippen LogP contribution < -0.4 is 0 Å². The molecule has 0 aromatic rings. The summed E-state index contributed by atoms with van der Waals surface area (Å²) in [4.78, 5) is 25.4. The van der Waals surface area contributed by atoms with E-state index in [1.54, 1.807) is 0 Å². The van der Waals surface area contributed by atoms with Crippen LogP contribution in [0, 0.1) is 0 Å². The van der Waals surface area contributed by atoms with Gasteiger partial charge in [0, 0.05) is 12.8 Å². The fourth-order valence-electron chi connectivity index (χ4n) is 6.63. The number of allylic oxidation sites excluding steroid dienone is 25. The van der Waals surface area contributed by atoms with Crippen LogP contribution in [-0.4, -0.2) is 37.9 Å². The molecule has 5 nitrogen and oxygen atoms in total. The summed E-state index contributed by atoms with van der Waals surface area (Å²) in [5.41, 5.74) is 0. The zero-order valence-electron chi connectivity index (χ0n) is 43.6. The maximum Gasteiger partial charge on any atom is 0.306 e. The highest BCUT2D eigenvalue weighted by Gasteiger charge is 2.17. The summed E-state index contributed by atoms with van der Waals surface area (Å²) in [5.74, 6) is -0.557. The van der Waals surface area contributed by atoms with Crippen LogP contribution in [0.4, 0.5) is 0 Å². The second kappa shape index (κ2) is 56.8. The van der Waals surface area contributed by atoms with E-state index in [0.29, 0.717) is 19.4 Å². The Balaban J connectivity index is 4.55. The second-order valence-electron chi connectivity index (χ2n) is 17.0. The van der Waals surface area contributed by atoms with Gasteiger partial charge in [0.1, 0.15) is 6.61 Å². The molecule has 0 aliphatic rings. The fourth-order valence-corrected chi connectivity index (χ4v) is 6.63. The molecule has 0 heterocycles. The third kappa shape index (κ3) is 54.1. The van der Waals surface area contributed by atoms with E-state index in [2.05, 4.69) is 173 Å². The lowest BCUT2D eigenvalue weighted by Gasteiger charge is -2.18. The maximum absolute atomic E-state index is 12.8. The molecule has 0 fully saturated rings. The first-order valence-corrected chi connectivity index (χ1v) is 27.0. The highest BCUT2D eigenvalue weighted by atomic mass is 16.6. The van der Waals surface area contributed by atoms with E-state index in [1.165, 1.54) is 51.4 Å². The number of esters is 2. The van der Waals surface area contributed by atoms with Crippen molar-refractivity contribution in [1.29, 1.82) is 0 Å². The Morgan fingerprint density at radius 1 is 0.338 bits per heavy atom. The molecular formula is C63H98O5. The quantitative estimate of drug-likeness (QED) is 0.0346. The third-order valence-electron chi connectivity index (χ3n) is 10.6. The zero-order chi connectivity index (χ0) is 49.2. The van der Waals surface area contributed by atoms with Gasteiger partial charge in [0.2, 0.25) is 0 Å². The summed E-state index contributed by atoms with van der Waals surface area (Å²) in [6.45, 7) is 7.25. The van der Waals surface area contributed by atoms with Gasteiger partial charge in [-0.15, -0.1) is 0 Å². The summed E-state index contributed by atoms with van der Waals surface area (Å²) in [7, 11) is 0. The molecular weight excluding hydrogens is 837 g/mol. The van der Waals surface area contributed by atoms with E-state index in [9.17, 15) is 9.59 Å². The van der Waals surface area contributed by atoms with Crippen molar-refractivity contribution in [3.05, 3.63) is 158 Å². The first kappa shape index (κ1) is 63.5. The summed E-state index contributed by atoms with van der Waals surface area (Å²) < 4.78 is 17.2. The van der Waals surface area contributed by atoms with Crippen LogP contribution in [0.1, 0.15) is 201 Å². The molecule has 0 N–H and O–H groups in total. The van der Waals surface area contributed by atoms with Crippen LogP contribution in [0.15, 0.2) is 158 Å². The van der Waals surface area contributed by atoms with Crippen LogP contribution in [0.2, 0.25) is 0 Å². The van der Waals surface area contributed by atoms with E-state index in [-0.39, 0.29) is 31.6 Å². The van der Waals surface area contributed by atoms with Crippen molar-refractivity contribution in [2.24, 2.45) is 0 Å². The molecule has 380 valence electrons. The first-order chi connectivity index (χ1) is 33.6. The number of hydrogen-bond acceptors (Lipinski definition) is 5. The van der Waals surface area contributed by atoms with Crippen LogP contribution in [0.25, 0.3) is 0 Å². The Morgan fingerprint density at radius 2 is 0.691 bits per heavy atom. The minimum Gasteiger partial charge on any atom is -0.462 e. The predicted molar refractivity (Wildman–Crippen MR) is 297 cm³/mol. The van der Waals surface area contributed by atoms with Gasteiger partial charge >= 0.3 is 11.9 Å². The van der Waals surface area contributed by atoms with Gasteiger partial charge in [0.15, 0.2) is 6.10 Å². The minimum absolute atomic E-state index is 0.000923. The van der Waals surface area contributed by atoms with Gasteiger partial charge in [-0.05, 0) is 122 Å². The Labute approximate surface area is 418 Å². The van der Waals surface area contributed by atoms with Crippen LogP contribution >= 0.6 is 0 Å². The van der Waals surface area contributed by atoms with Gasteiger partial charge in [-0.3, -0.25) is 9.59 Å². The fraction of sp³-hybridized carbons (Fsp3) is 0.556. The topological polar surface area (TPSA) is 61.8 Å². The highest BCUT2D eigenvalue weighted by Crippen LogP contribution is 2.12. The summed E-state index contributed by atoms with van der Waals surface area (Å²) in [6, 6.07) is 0. The lowest BCUT2D eigenvalue weighted by atomic mass is 10.1. The van der Waals surface area contributed by atoms with E-state index < -0.39 is 6.10 Å². The van der Waals surface area contributed by atoms with Crippen molar-refractivity contribution in [2.75, 3.05) is 19.8 Å². The third-order valence-corrected chi connectivity index (χ3v) is 10.6. The largest absolute Gasteiger partial charge is 0.462 e.